The van der Waals surface area contributed by atoms with E-state index in [1.807, 2.05) is 79.0 Å². The van der Waals surface area contributed by atoms with Gasteiger partial charge in [0.25, 0.3) is 5.91 Å². The molecule has 0 unspecified atom stereocenters. The summed E-state index contributed by atoms with van der Waals surface area (Å²) in [5.74, 6) is 0.416. The van der Waals surface area contributed by atoms with E-state index in [0.29, 0.717) is 16.5 Å². The highest BCUT2D eigenvalue weighted by molar-refractivity contribution is 7.80. The van der Waals surface area contributed by atoms with Gasteiger partial charge in [0.2, 0.25) is 0 Å². The molecule has 48 heavy (non-hydrogen) atoms. The van der Waals surface area contributed by atoms with Gasteiger partial charge in [-0.2, -0.15) is 0 Å². The first-order valence-corrected chi connectivity index (χ1v) is 16.6. The number of hydrogen-bond acceptors (Lipinski definition) is 6. The second-order valence-electron chi connectivity index (χ2n) is 12.0. The summed E-state index contributed by atoms with van der Waals surface area (Å²) in [6, 6.07) is 33.7. The Labute approximate surface area is 286 Å². The van der Waals surface area contributed by atoms with E-state index < -0.39 is 0 Å². The lowest BCUT2D eigenvalue weighted by Gasteiger charge is -2.29. The molecule has 2 saturated heterocycles. The average molecular weight is 659 g/mol. The third-order valence-corrected chi connectivity index (χ3v) is 9.23. The molecule has 5 aromatic rings. The molecule has 2 N–H and O–H groups in total. The Morgan fingerprint density at radius 2 is 1.60 bits per heavy atom. The van der Waals surface area contributed by atoms with E-state index in [-0.39, 0.29) is 24.6 Å². The largest absolute Gasteiger partial charge is 0.484 e. The molecule has 244 valence electrons. The van der Waals surface area contributed by atoms with Crippen molar-refractivity contribution in [3.8, 4) is 11.4 Å². The number of ether oxygens (including phenoxy) is 2. The summed E-state index contributed by atoms with van der Waals surface area (Å²) in [5, 5.41) is 7.11. The van der Waals surface area contributed by atoms with Crippen molar-refractivity contribution in [1.82, 2.24) is 14.9 Å². The molecule has 2 aromatic heterocycles. The first kappa shape index (κ1) is 31.4. The molecule has 10 heteroatoms. The van der Waals surface area contributed by atoms with Crippen molar-refractivity contribution in [1.29, 1.82) is 0 Å². The molecule has 9 nitrogen and oxygen atoms in total. The van der Waals surface area contributed by atoms with Gasteiger partial charge in [-0.1, -0.05) is 24.3 Å². The number of nitrogens with zero attached hydrogens (tertiary/aromatic N) is 4. The van der Waals surface area contributed by atoms with Gasteiger partial charge in [-0.3, -0.25) is 9.78 Å². The first-order valence-electron chi connectivity index (χ1n) is 16.2. The molecule has 2 aliphatic rings. The Hall–Kier alpha value is -5.19. The predicted octanol–water partition coefficient (Wildman–Crippen LogP) is 6.52. The van der Waals surface area contributed by atoms with Crippen LogP contribution in [-0.4, -0.2) is 53.5 Å². The third kappa shape index (κ3) is 6.49. The van der Waals surface area contributed by atoms with E-state index in [2.05, 4.69) is 69.2 Å². The maximum Gasteiger partial charge on any atom is 0.262 e. The maximum absolute atomic E-state index is 12.6. The topological polar surface area (TPSA) is 83.9 Å². The second-order valence-corrected chi connectivity index (χ2v) is 12.4. The van der Waals surface area contributed by atoms with Crippen molar-refractivity contribution in [3.63, 3.8) is 0 Å². The van der Waals surface area contributed by atoms with Crippen molar-refractivity contribution in [2.45, 2.75) is 25.9 Å². The fourth-order valence-corrected chi connectivity index (χ4v) is 6.98. The lowest BCUT2D eigenvalue weighted by atomic mass is 9.96. The molecule has 0 aliphatic carbocycles. The van der Waals surface area contributed by atoms with Crippen LogP contribution in [0.25, 0.3) is 5.69 Å². The fraction of sp³-hybridized carbons (Fsp3) is 0.237. The maximum atomic E-state index is 12.6. The Bertz CT molecular complexity index is 1870. The van der Waals surface area contributed by atoms with Gasteiger partial charge in [-0.15, -0.1) is 0 Å². The lowest BCUT2D eigenvalue weighted by molar-refractivity contribution is -0.118. The van der Waals surface area contributed by atoms with E-state index in [9.17, 15) is 4.79 Å². The number of thiocarbonyl (C=S) groups is 1. The van der Waals surface area contributed by atoms with E-state index in [4.69, 9.17) is 26.7 Å². The number of rotatable bonds is 9. The molecule has 0 spiro atoms. The van der Waals surface area contributed by atoms with Crippen LogP contribution in [0.3, 0.4) is 0 Å². The SMILES string of the molecule is Cc1cc([C@@H]2[C@@H](c3ccccn3)NC(=S)N2c2ccc(NC(=O)COc3ccccc3)cc2)c(C)n1-c1ccc(N2CCOCC2)cc1. The normalized spacial score (nSPS) is 17.7. The zero-order valence-corrected chi connectivity index (χ0v) is 27.8. The zero-order chi connectivity index (χ0) is 33.0. The summed E-state index contributed by atoms with van der Waals surface area (Å²) in [4.78, 5) is 21.9. The highest BCUT2D eigenvalue weighted by atomic mass is 32.1. The molecular formula is C38H38N6O3S. The minimum Gasteiger partial charge on any atom is -0.484 e. The van der Waals surface area contributed by atoms with Crippen LogP contribution < -0.4 is 25.2 Å². The molecule has 2 fully saturated rings. The van der Waals surface area contributed by atoms with E-state index >= 15 is 0 Å². The fourth-order valence-electron chi connectivity index (χ4n) is 6.64. The molecule has 0 saturated carbocycles. The van der Waals surface area contributed by atoms with Crippen LogP contribution in [0.2, 0.25) is 0 Å². The molecule has 0 radical (unpaired) electrons. The number of hydrogen-bond donors (Lipinski definition) is 2. The van der Waals surface area contributed by atoms with E-state index in [1.165, 1.54) is 5.69 Å². The number of para-hydroxylation sites is 1. The Balaban J connectivity index is 1.17. The number of amides is 1. The first-order chi connectivity index (χ1) is 23.5. The minimum absolute atomic E-state index is 0.0781. The highest BCUT2D eigenvalue weighted by Gasteiger charge is 2.42. The standard InChI is InChI=1S/C38H38N6O3S/c1-26-24-33(27(2)43(26)30-17-15-29(16-18-30)42-20-22-46-23-21-42)37-36(34-10-6-7-19-39-34)41-38(48)44(37)31-13-11-28(12-14-31)40-35(45)25-47-32-8-4-3-5-9-32/h3-19,24,36-37H,20-23,25H2,1-2H3,(H,40,45)(H,41,48)/t36-,37-/m1/s1. The summed E-state index contributed by atoms with van der Waals surface area (Å²) in [7, 11) is 0. The van der Waals surface area contributed by atoms with E-state index in [0.717, 1.165) is 60.3 Å². The van der Waals surface area contributed by atoms with Crippen LogP contribution in [0.15, 0.2) is 109 Å². The number of anilines is 3. The Morgan fingerprint density at radius 1 is 0.917 bits per heavy atom. The van der Waals surface area contributed by atoms with Crippen molar-refractivity contribution in [3.05, 3.63) is 132 Å². The van der Waals surface area contributed by atoms with Crippen LogP contribution in [0.5, 0.6) is 5.75 Å². The molecule has 1 amide bonds. The second kappa shape index (κ2) is 13.9. The van der Waals surface area contributed by atoms with Crippen LogP contribution >= 0.6 is 12.2 Å². The Morgan fingerprint density at radius 3 is 2.31 bits per heavy atom. The van der Waals surface area contributed by atoms with Gasteiger partial charge >= 0.3 is 0 Å². The van der Waals surface area contributed by atoms with Gasteiger partial charge in [0.05, 0.1) is 31.0 Å². The van der Waals surface area contributed by atoms with Crippen LogP contribution in [0.4, 0.5) is 17.1 Å². The number of carbonyl (C=O) groups is 1. The average Bonchev–Trinajstić information content (AvgIpc) is 3.63. The quantitative estimate of drug-likeness (QED) is 0.173. The van der Waals surface area contributed by atoms with Crippen LogP contribution in [0.1, 0.15) is 34.7 Å². The van der Waals surface area contributed by atoms with Gasteiger partial charge in [0.15, 0.2) is 11.7 Å². The number of benzene rings is 3. The van der Waals surface area contributed by atoms with Crippen molar-refractivity contribution in [2.24, 2.45) is 0 Å². The molecule has 2 atom stereocenters. The molecule has 2 aliphatic heterocycles. The zero-order valence-electron chi connectivity index (χ0n) is 27.0. The number of aromatic nitrogens is 2. The van der Waals surface area contributed by atoms with E-state index in [1.54, 1.807) is 0 Å². The van der Waals surface area contributed by atoms with Gasteiger partial charge < -0.3 is 34.5 Å². The van der Waals surface area contributed by atoms with Crippen molar-refractivity contribution < 1.29 is 14.3 Å². The van der Waals surface area contributed by atoms with Gasteiger partial charge in [0, 0.05) is 53.4 Å². The third-order valence-electron chi connectivity index (χ3n) is 8.91. The number of morpholine rings is 1. The predicted molar refractivity (Wildman–Crippen MR) is 193 cm³/mol. The molecule has 7 rings (SSSR count). The van der Waals surface area contributed by atoms with Gasteiger partial charge in [0.1, 0.15) is 5.75 Å². The number of aryl methyl sites for hydroxylation is 1. The summed E-state index contributed by atoms with van der Waals surface area (Å²) < 4.78 is 13.5. The molecular weight excluding hydrogens is 621 g/mol. The van der Waals surface area contributed by atoms with Crippen molar-refractivity contribution in [2.75, 3.05) is 48.0 Å². The summed E-state index contributed by atoms with van der Waals surface area (Å²) >= 11 is 5.99. The van der Waals surface area contributed by atoms with Gasteiger partial charge in [-0.25, -0.2) is 0 Å². The number of pyridine rings is 1. The molecule has 3 aromatic carbocycles. The summed E-state index contributed by atoms with van der Waals surface area (Å²) in [6.45, 7) is 7.56. The van der Waals surface area contributed by atoms with Crippen LogP contribution in [-0.2, 0) is 9.53 Å². The summed E-state index contributed by atoms with van der Waals surface area (Å²) in [5.41, 5.74) is 8.24. The molecule has 4 heterocycles. The van der Waals surface area contributed by atoms with Crippen LogP contribution in [0, 0.1) is 13.8 Å². The van der Waals surface area contributed by atoms with Gasteiger partial charge in [-0.05, 0) is 110 Å². The minimum atomic E-state index is -0.233. The summed E-state index contributed by atoms with van der Waals surface area (Å²) in [6.07, 6.45) is 1.82. The molecule has 0 bridgehead atoms. The number of nitrogens with one attached hydrogen (secondary N) is 2. The van der Waals surface area contributed by atoms with Crippen molar-refractivity contribution >= 4 is 40.3 Å². The lowest BCUT2D eigenvalue weighted by Crippen LogP contribution is -2.36. The number of carbonyl (C=O) groups excluding carboxylic acids is 1. The smallest absolute Gasteiger partial charge is 0.262 e. The Kier molecular flexibility index (Phi) is 9.09. The monoisotopic (exact) mass is 658 g/mol. The highest BCUT2D eigenvalue weighted by Crippen LogP contribution is 2.44.